The topological polar surface area (TPSA) is 147 Å². The van der Waals surface area contributed by atoms with Gasteiger partial charge in [0.05, 0.1) is 42.4 Å². The summed E-state index contributed by atoms with van der Waals surface area (Å²) < 4.78 is 46.1. The highest BCUT2D eigenvalue weighted by molar-refractivity contribution is 7.89. The molecule has 1 aliphatic heterocycles. The zero-order chi connectivity index (χ0) is 36.4. The lowest BCUT2D eigenvalue weighted by molar-refractivity contribution is -0.00833. The molecule has 3 amide bonds. The van der Waals surface area contributed by atoms with E-state index in [1.807, 2.05) is 20.8 Å². The number of urea groups is 1. The number of methoxy groups -OCH3 is 1. The highest BCUT2D eigenvalue weighted by atomic mass is 32.2. The first-order valence-electron chi connectivity index (χ1n) is 16.9. The summed E-state index contributed by atoms with van der Waals surface area (Å²) in [6.45, 7) is 7.82. The second-order valence-electron chi connectivity index (χ2n) is 12.9. The molecular formula is C37H50N4O8S. The maximum atomic E-state index is 14.4. The van der Waals surface area contributed by atoms with Gasteiger partial charge in [-0.25, -0.2) is 13.2 Å². The van der Waals surface area contributed by atoms with Gasteiger partial charge in [0.15, 0.2) is 0 Å². The number of sulfonamides is 1. The number of aliphatic hydroxyl groups excluding tert-OH is 1. The molecule has 50 heavy (non-hydrogen) atoms. The number of amides is 3. The summed E-state index contributed by atoms with van der Waals surface area (Å²) >= 11 is 0. The Morgan fingerprint density at radius 1 is 1.04 bits per heavy atom. The first kappa shape index (κ1) is 38.6. The van der Waals surface area contributed by atoms with Crippen molar-refractivity contribution in [3.8, 4) is 11.5 Å². The van der Waals surface area contributed by atoms with Gasteiger partial charge in [-0.3, -0.25) is 4.79 Å². The summed E-state index contributed by atoms with van der Waals surface area (Å²) in [6, 6.07) is 17.4. The molecule has 0 aliphatic carbocycles. The molecule has 12 nitrogen and oxygen atoms in total. The average Bonchev–Trinajstić information content (AvgIpc) is 3.09. The number of benzene rings is 3. The van der Waals surface area contributed by atoms with Gasteiger partial charge >= 0.3 is 6.03 Å². The molecule has 3 N–H and O–H groups in total. The molecule has 0 saturated heterocycles. The van der Waals surface area contributed by atoms with Gasteiger partial charge in [0, 0.05) is 44.0 Å². The predicted octanol–water partition coefficient (Wildman–Crippen LogP) is 5.76. The Balaban J connectivity index is 1.61. The molecule has 0 aromatic heterocycles. The number of rotatable bonds is 9. The zero-order valence-corrected chi connectivity index (χ0v) is 30.5. The largest absolute Gasteiger partial charge is 0.497 e. The van der Waals surface area contributed by atoms with Crippen LogP contribution in [0.15, 0.2) is 71.6 Å². The van der Waals surface area contributed by atoms with Crippen LogP contribution in [0.25, 0.3) is 0 Å². The number of hydrogen-bond acceptors (Lipinski definition) is 8. The van der Waals surface area contributed by atoms with Crippen LogP contribution in [0, 0.1) is 12.8 Å². The van der Waals surface area contributed by atoms with Gasteiger partial charge in [0.1, 0.15) is 11.5 Å². The number of hydrogen-bond donors (Lipinski definition) is 3. The molecule has 0 fully saturated rings. The molecule has 4 atom stereocenters. The second-order valence-corrected chi connectivity index (χ2v) is 15.0. The van der Waals surface area contributed by atoms with Crippen LogP contribution in [0.4, 0.5) is 16.2 Å². The molecule has 0 spiro atoms. The van der Waals surface area contributed by atoms with E-state index in [1.165, 1.54) is 11.4 Å². The van der Waals surface area contributed by atoms with Crippen LogP contribution >= 0.6 is 0 Å². The number of carbonyl (C=O) groups excluding carboxylic acids is 2. The molecule has 0 unspecified atom stereocenters. The molecule has 1 heterocycles. The number of carbonyl (C=O) groups is 2. The van der Waals surface area contributed by atoms with Crippen LogP contribution in [0.3, 0.4) is 0 Å². The number of nitrogens with one attached hydrogen (secondary N) is 2. The lowest BCUT2D eigenvalue weighted by atomic mass is 10.0. The Morgan fingerprint density at radius 2 is 1.70 bits per heavy atom. The minimum absolute atomic E-state index is 0.0698. The highest BCUT2D eigenvalue weighted by Gasteiger charge is 2.32. The van der Waals surface area contributed by atoms with Crippen LogP contribution in [0.1, 0.15) is 56.0 Å². The maximum Gasteiger partial charge on any atom is 0.323 e. The SMILES string of the molecule is COc1ccc(NC(=O)Nc2ccc3c(c2)C(=O)N([C@H](C)CO)C[C@@H](C)[C@H](CN(C)S(=O)(=O)c2ccc(C)cc2)OCCCC[C@@H](C)O3)cc1. The fourth-order valence-corrected chi connectivity index (χ4v) is 6.86. The van der Waals surface area contributed by atoms with Gasteiger partial charge in [0.2, 0.25) is 10.0 Å². The van der Waals surface area contributed by atoms with E-state index < -0.39 is 34.1 Å². The standard InChI is InChI=1S/C37H50N4O8S/c1-25-10-17-32(18-11-25)50(45,46)40(5)23-35-26(2)22-41(27(3)24-42)36(43)33-21-30(14-19-34(33)49-28(4)9-7-8-20-48-35)39-37(44)38-29-12-15-31(47-6)16-13-29/h10-19,21,26-28,35,42H,7-9,20,22-24H2,1-6H3,(H2,38,39,44)/t26-,27-,28-,35+/m1/s1. The second kappa shape index (κ2) is 17.7. The third kappa shape index (κ3) is 10.2. The molecule has 0 bridgehead atoms. The van der Waals surface area contributed by atoms with Crippen LogP contribution in [0.2, 0.25) is 0 Å². The Morgan fingerprint density at radius 3 is 2.36 bits per heavy atom. The van der Waals surface area contributed by atoms with Crippen molar-refractivity contribution in [1.29, 1.82) is 0 Å². The number of aryl methyl sites for hydroxylation is 1. The van der Waals surface area contributed by atoms with Crippen LogP contribution in [0.5, 0.6) is 11.5 Å². The molecule has 0 saturated carbocycles. The van der Waals surface area contributed by atoms with Gasteiger partial charge in [-0.1, -0.05) is 24.6 Å². The third-order valence-corrected chi connectivity index (χ3v) is 10.7. The van der Waals surface area contributed by atoms with E-state index in [4.69, 9.17) is 14.2 Å². The van der Waals surface area contributed by atoms with E-state index in [-0.39, 0.29) is 42.2 Å². The molecule has 1 aliphatic rings. The maximum absolute atomic E-state index is 14.4. The van der Waals surface area contributed by atoms with Crippen molar-refractivity contribution in [1.82, 2.24) is 9.21 Å². The number of fused-ring (bicyclic) bond motifs is 1. The van der Waals surface area contributed by atoms with Crippen molar-refractivity contribution in [2.45, 2.75) is 70.1 Å². The fourth-order valence-electron chi connectivity index (χ4n) is 5.67. The summed E-state index contributed by atoms with van der Waals surface area (Å²) in [5, 5.41) is 15.8. The van der Waals surface area contributed by atoms with E-state index in [2.05, 4.69) is 10.6 Å². The van der Waals surface area contributed by atoms with Crippen molar-refractivity contribution < 1.29 is 37.3 Å². The number of likely N-dealkylation sites (N-methyl/N-ethyl adjacent to an activating group) is 1. The Kier molecular flexibility index (Phi) is 13.6. The highest BCUT2D eigenvalue weighted by Crippen LogP contribution is 2.29. The predicted molar refractivity (Wildman–Crippen MR) is 194 cm³/mol. The summed E-state index contributed by atoms with van der Waals surface area (Å²) in [5.41, 5.74) is 2.11. The van der Waals surface area contributed by atoms with Crippen molar-refractivity contribution in [3.05, 3.63) is 77.9 Å². The van der Waals surface area contributed by atoms with Gasteiger partial charge in [-0.2, -0.15) is 4.31 Å². The van der Waals surface area contributed by atoms with E-state index in [0.717, 1.165) is 18.4 Å². The van der Waals surface area contributed by atoms with Crippen LogP contribution < -0.4 is 20.1 Å². The molecule has 3 aromatic rings. The normalized spacial score (nSPS) is 19.9. The lowest BCUT2D eigenvalue weighted by Gasteiger charge is -2.35. The Hall–Kier alpha value is -4.17. The Labute approximate surface area is 295 Å². The van der Waals surface area contributed by atoms with Gasteiger partial charge in [-0.05, 0) is 94.6 Å². The van der Waals surface area contributed by atoms with Crippen LogP contribution in [-0.4, -0.2) is 93.4 Å². The van der Waals surface area contributed by atoms with E-state index >= 15 is 0 Å². The Bertz CT molecular complexity index is 1680. The number of anilines is 2. The van der Waals surface area contributed by atoms with Crippen molar-refractivity contribution in [3.63, 3.8) is 0 Å². The lowest BCUT2D eigenvalue weighted by Crippen LogP contribution is -2.48. The first-order valence-corrected chi connectivity index (χ1v) is 18.4. The minimum atomic E-state index is -3.80. The molecule has 4 rings (SSSR count). The van der Waals surface area contributed by atoms with Crippen molar-refractivity contribution >= 4 is 33.3 Å². The quantitative estimate of drug-likeness (QED) is 0.254. The molecule has 0 radical (unpaired) electrons. The van der Waals surface area contributed by atoms with Crippen molar-refractivity contribution in [2.75, 3.05) is 51.1 Å². The monoisotopic (exact) mass is 710 g/mol. The van der Waals surface area contributed by atoms with E-state index in [1.54, 1.807) is 85.7 Å². The third-order valence-electron chi connectivity index (χ3n) is 8.82. The summed E-state index contributed by atoms with van der Waals surface area (Å²) in [6.07, 6.45) is 1.44. The summed E-state index contributed by atoms with van der Waals surface area (Å²) in [7, 11) is -0.706. The average molecular weight is 711 g/mol. The van der Waals surface area contributed by atoms with Crippen LogP contribution in [-0.2, 0) is 14.8 Å². The molecule has 13 heteroatoms. The van der Waals surface area contributed by atoms with E-state index in [0.29, 0.717) is 35.9 Å². The summed E-state index contributed by atoms with van der Waals surface area (Å²) in [4.78, 5) is 29.0. The first-order chi connectivity index (χ1) is 23.8. The number of aliphatic hydroxyl groups is 1. The molecule has 3 aromatic carbocycles. The number of nitrogens with zero attached hydrogens (tertiary/aromatic N) is 2. The van der Waals surface area contributed by atoms with Gasteiger partial charge in [0.25, 0.3) is 5.91 Å². The summed E-state index contributed by atoms with van der Waals surface area (Å²) in [5.74, 6) is 0.283. The van der Waals surface area contributed by atoms with Gasteiger partial charge in [-0.15, -0.1) is 0 Å². The minimum Gasteiger partial charge on any atom is -0.497 e. The zero-order valence-electron chi connectivity index (χ0n) is 29.7. The number of ether oxygens (including phenoxy) is 3. The fraction of sp³-hybridized carbons (Fsp3) is 0.459. The van der Waals surface area contributed by atoms with Crippen molar-refractivity contribution in [2.24, 2.45) is 5.92 Å². The van der Waals surface area contributed by atoms with E-state index in [9.17, 15) is 23.1 Å². The smallest absolute Gasteiger partial charge is 0.323 e. The molecular weight excluding hydrogens is 660 g/mol. The van der Waals surface area contributed by atoms with Gasteiger partial charge < -0.3 is 34.9 Å². The molecule has 272 valence electrons.